The molecule has 0 spiro atoms. The molecular weight excluding hydrogens is 492 g/mol. The van der Waals surface area contributed by atoms with Gasteiger partial charge < -0.3 is 20.6 Å². The van der Waals surface area contributed by atoms with Crippen LogP contribution in [0.4, 0.5) is 5.69 Å². The molecule has 0 aromatic heterocycles. The van der Waals surface area contributed by atoms with Crippen LogP contribution in [0.15, 0.2) is 73.3 Å². The Morgan fingerprint density at radius 1 is 1.03 bits per heavy atom. The number of fused-ring (bicyclic) bond motifs is 1. The van der Waals surface area contributed by atoms with Gasteiger partial charge in [-0.1, -0.05) is 54.6 Å². The van der Waals surface area contributed by atoms with Crippen molar-refractivity contribution in [3.05, 3.63) is 106 Å². The van der Waals surface area contributed by atoms with Gasteiger partial charge in [0.25, 0.3) is 5.91 Å². The fourth-order valence-electron chi connectivity index (χ4n) is 4.15. The van der Waals surface area contributed by atoms with Gasteiger partial charge in [-0.15, -0.1) is 0 Å². The molecule has 2 amide bonds. The lowest BCUT2D eigenvalue weighted by Crippen LogP contribution is -2.40. The second-order valence-electron chi connectivity index (χ2n) is 8.68. The summed E-state index contributed by atoms with van der Waals surface area (Å²) in [7, 11) is 0. The van der Waals surface area contributed by atoms with Gasteiger partial charge >= 0.3 is 5.97 Å². The second kappa shape index (κ2) is 10.7. The molecule has 4 rings (SSSR count). The normalized spacial score (nSPS) is 13.2. The zero-order valence-corrected chi connectivity index (χ0v) is 20.7. The van der Waals surface area contributed by atoms with Crippen LogP contribution in [0.1, 0.15) is 39.0 Å². The van der Waals surface area contributed by atoms with Crippen LogP contribution in [0.3, 0.4) is 0 Å². The zero-order chi connectivity index (χ0) is 26.7. The van der Waals surface area contributed by atoms with Crippen LogP contribution < -0.4 is 10.6 Å². The number of nitrogens with zero attached hydrogens (tertiary/aromatic N) is 2. The number of carbonyl (C=O) groups excluding carboxylic acids is 2. The van der Waals surface area contributed by atoms with Gasteiger partial charge in [-0.05, 0) is 52.6 Å². The van der Waals surface area contributed by atoms with E-state index >= 15 is 0 Å². The first-order valence-corrected chi connectivity index (χ1v) is 11.9. The molecule has 3 aromatic rings. The van der Waals surface area contributed by atoms with Crippen molar-refractivity contribution in [3.63, 3.8) is 0 Å². The summed E-state index contributed by atoms with van der Waals surface area (Å²) in [5.41, 5.74) is 9.68. The van der Waals surface area contributed by atoms with Crippen molar-refractivity contribution in [2.45, 2.75) is 13.0 Å². The van der Waals surface area contributed by atoms with E-state index in [4.69, 9.17) is 27.9 Å². The van der Waals surface area contributed by atoms with Crippen molar-refractivity contribution in [3.8, 4) is 0 Å². The Morgan fingerprint density at radius 2 is 1.70 bits per heavy atom. The van der Waals surface area contributed by atoms with Crippen molar-refractivity contribution in [1.82, 2.24) is 4.90 Å². The van der Waals surface area contributed by atoms with E-state index in [0.717, 1.165) is 11.1 Å². The van der Waals surface area contributed by atoms with Gasteiger partial charge in [0.15, 0.2) is 0 Å². The number of carboxylic acid groups (broad SMARTS) is 1. The highest BCUT2D eigenvalue weighted by Gasteiger charge is 2.32. The molecule has 0 fully saturated rings. The average molecular weight is 517 g/mol. The minimum absolute atomic E-state index is 0.0721. The Morgan fingerprint density at radius 3 is 2.38 bits per heavy atom. The highest BCUT2D eigenvalue weighted by molar-refractivity contribution is 6.30. The molecular formula is C28H25ClN4O4. The van der Waals surface area contributed by atoms with Gasteiger partial charge in [0.2, 0.25) is 5.91 Å². The highest BCUT2D eigenvalue weighted by atomic mass is 35.5. The maximum atomic E-state index is 13.6. The number of benzene rings is 3. The van der Waals surface area contributed by atoms with Crippen LogP contribution >= 0.6 is 11.6 Å². The Balaban J connectivity index is 1.76. The van der Waals surface area contributed by atoms with Gasteiger partial charge in [-0.25, -0.2) is 0 Å². The summed E-state index contributed by atoms with van der Waals surface area (Å²) < 4.78 is 0. The van der Waals surface area contributed by atoms with Crippen LogP contribution in [0.25, 0.3) is 5.57 Å². The van der Waals surface area contributed by atoms with Crippen LogP contribution in [-0.2, 0) is 16.1 Å². The van der Waals surface area contributed by atoms with Crippen molar-refractivity contribution >= 4 is 46.5 Å². The summed E-state index contributed by atoms with van der Waals surface area (Å²) in [6.45, 7) is 4.04. The van der Waals surface area contributed by atoms with Crippen molar-refractivity contribution < 1.29 is 19.5 Å². The number of carboxylic acids is 1. The molecule has 0 atom stereocenters. The van der Waals surface area contributed by atoms with Crippen molar-refractivity contribution in [1.29, 1.82) is 5.41 Å². The molecule has 3 aromatic carbocycles. The Bertz CT molecular complexity index is 1420. The number of amides is 2. The number of halogens is 1. The predicted octanol–water partition coefficient (Wildman–Crippen LogP) is 4.15. The molecule has 1 aliphatic rings. The molecule has 1 aliphatic heterocycles. The van der Waals surface area contributed by atoms with E-state index in [0.29, 0.717) is 27.4 Å². The maximum absolute atomic E-state index is 13.6. The lowest BCUT2D eigenvalue weighted by atomic mass is 9.95. The topological polar surface area (TPSA) is 128 Å². The standard InChI is InChI=1S/C28H25ClN4O4/c1-17(19-3-2-4-21(13-19)27(30)31)20-7-10-24-23(14-20)28(37)32(12-11-26(35)36)16-25(34)33(24)15-18-5-8-22(29)9-6-18/h2-10,13-14H,1,11-12,15-16H2,(H3,30,31)(H,35,36). The summed E-state index contributed by atoms with van der Waals surface area (Å²) in [4.78, 5) is 40.8. The number of hydrogen-bond acceptors (Lipinski definition) is 4. The molecule has 9 heteroatoms. The van der Waals surface area contributed by atoms with Crippen LogP contribution in [0, 0.1) is 5.41 Å². The molecule has 37 heavy (non-hydrogen) atoms. The first kappa shape index (κ1) is 25.7. The molecule has 0 bridgehead atoms. The summed E-state index contributed by atoms with van der Waals surface area (Å²) in [5, 5.41) is 17.4. The Labute approximate surface area is 219 Å². The molecule has 4 N–H and O–H groups in total. The number of carbonyl (C=O) groups is 3. The fourth-order valence-corrected chi connectivity index (χ4v) is 4.28. The summed E-state index contributed by atoms with van der Waals surface area (Å²) >= 11 is 6.01. The number of anilines is 1. The lowest BCUT2D eigenvalue weighted by Gasteiger charge is -2.23. The van der Waals surface area contributed by atoms with Crippen molar-refractivity contribution in [2.75, 3.05) is 18.0 Å². The minimum atomic E-state index is -1.06. The molecule has 0 saturated heterocycles. The summed E-state index contributed by atoms with van der Waals surface area (Å²) in [6.07, 6.45) is -0.282. The van der Waals surface area contributed by atoms with Gasteiger partial charge in [-0.2, -0.15) is 0 Å². The first-order valence-electron chi connectivity index (χ1n) is 11.5. The number of nitrogen functional groups attached to an aromatic ring is 1. The van der Waals surface area contributed by atoms with Gasteiger partial charge in [0, 0.05) is 17.1 Å². The molecule has 0 radical (unpaired) electrons. The molecule has 0 unspecified atom stereocenters. The van der Waals surface area contributed by atoms with E-state index in [9.17, 15) is 14.4 Å². The SMILES string of the molecule is C=C(c1cccc(C(=N)N)c1)c1ccc2c(c1)C(=O)N(CCC(=O)O)CC(=O)N2Cc1ccc(Cl)cc1. The van der Waals surface area contributed by atoms with Gasteiger partial charge in [-0.3, -0.25) is 19.8 Å². The first-order chi connectivity index (χ1) is 17.6. The Kier molecular flexibility index (Phi) is 7.40. The van der Waals surface area contributed by atoms with Gasteiger partial charge in [0.1, 0.15) is 12.4 Å². The minimum Gasteiger partial charge on any atom is -0.481 e. The number of aliphatic carboxylic acids is 1. The van der Waals surface area contributed by atoms with E-state index in [2.05, 4.69) is 6.58 Å². The Hall–Kier alpha value is -4.43. The third kappa shape index (κ3) is 5.70. The maximum Gasteiger partial charge on any atom is 0.305 e. The van der Waals surface area contributed by atoms with Crippen molar-refractivity contribution in [2.24, 2.45) is 5.73 Å². The monoisotopic (exact) mass is 516 g/mol. The fraction of sp³-hybridized carbons (Fsp3) is 0.143. The van der Waals surface area contributed by atoms with E-state index in [1.165, 1.54) is 9.80 Å². The number of amidine groups is 1. The number of nitrogens with two attached hydrogens (primary N) is 1. The smallest absolute Gasteiger partial charge is 0.305 e. The molecule has 0 saturated carbocycles. The number of hydrogen-bond donors (Lipinski definition) is 3. The molecule has 1 heterocycles. The van der Waals surface area contributed by atoms with Crippen LogP contribution in [0.2, 0.25) is 5.02 Å². The molecule has 0 aliphatic carbocycles. The lowest BCUT2D eigenvalue weighted by molar-refractivity contribution is -0.137. The third-order valence-electron chi connectivity index (χ3n) is 6.15. The van der Waals surface area contributed by atoms with E-state index in [1.54, 1.807) is 48.5 Å². The quantitative estimate of drug-likeness (QED) is 0.306. The second-order valence-corrected chi connectivity index (χ2v) is 9.12. The van der Waals surface area contributed by atoms with E-state index in [-0.39, 0.29) is 43.4 Å². The third-order valence-corrected chi connectivity index (χ3v) is 6.40. The average Bonchev–Trinajstić information content (AvgIpc) is 2.98. The van der Waals surface area contributed by atoms with Crippen LogP contribution in [0.5, 0.6) is 0 Å². The highest BCUT2D eigenvalue weighted by Crippen LogP contribution is 2.32. The number of nitrogens with one attached hydrogen (secondary N) is 1. The predicted molar refractivity (Wildman–Crippen MR) is 143 cm³/mol. The molecule has 188 valence electrons. The number of rotatable bonds is 8. The van der Waals surface area contributed by atoms with E-state index < -0.39 is 11.9 Å². The van der Waals surface area contributed by atoms with Gasteiger partial charge in [0.05, 0.1) is 24.2 Å². The largest absolute Gasteiger partial charge is 0.481 e. The zero-order valence-electron chi connectivity index (χ0n) is 19.9. The molecule has 8 nitrogen and oxygen atoms in total. The summed E-state index contributed by atoms with van der Waals surface area (Å²) in [6, 6.07) is 19.3. The van der Waals surface area contributed by atoms with Crippen LogP contribution in [-0.4, -0.2) is 46.7 Å². The summed E-state index contributed by atoms with van der Waals surface area (Å²) in [5.74, 6) is -1.89. The van der Waals surface area contributed by atoms with E-state index in [1.807, 2.05) is 18.2 Å².